The van der Waals surface area contributed by atoms with Crippen LogP contribution in [0.25, 0.3) is 17.1 Å². The van der Waals surface area contributed by atoms with Crippen molar-refractivity contribution in [3.05, 3.63) is 48.8 Å². The van der Waals surface area contributed by atoms with Gasteiger partial charge < -0.3 is 0 Å². The Kier molecular flexibility index (Phi) is 4.92. The van der Waals surface area contributed by atoms with Crippen LogP contribution in [-0.2, 0) is 0 Å². The summed E-state index contributed by atoms with van der Waals surface area (Å²) in [5.74, 6) is -1.76. The molecule has 2 heterocycles. The minimum atomic E-state index is -2.43. The third kappa shape index (κ3) is 3.53. The van der Waals surface area contributed by atoms with Crippen molar-refractivity contribution >= 4 is 23.5 Å². The summed E-state index contributed by atoms with van der Waals surface area (Å²) >= 11 is 1.99. The molecule has 1 aromatic carbocycles. The smallest absolute Gasteiger partial charge is 0.270 e. The average Bonchev–Trinajstić information content (AvgIpc) is 3.00. The van der Waals surface area contributed by atoms with E-state index < -0.39 is 5.76 Å². The van der Waals surface area contributed by atoms with Crippen LogP contribution >= 0.6 is 23.5 Å². The van der Waals surface area contributed by atoms with Gasteiger partial charge in [0, 0.05) is 28.5 Å². The van der Waals surface area contributed by atoms with Gasteiger partial charge in [0.2, 0.25) is 0 Å². The minimum absolute atomic E-state index is 0.519. The van der Waals surface area contributed by atoms with Gasteiger partial charge in [-0.2, -0.15) is 8.78 Å². The van der Waals surface area contributed by atoms with Crippen LogP contribution in [0.4, 0.5) is 8.78 Å². The number of alkyl halides is 2. The molecule has 0 atom stereocenters. The molecule has 0 bridgehead atoms. The molecule has 0 fully saturated rings. The van der Waals surface area contributed by atoms with Gasteiger partial charge in [0.1, 0.15) is 0 Å². The normalized spacial score (nSPS) is 11.1. The molecular formula is C15H12F2N4S2. The number of benzene rings is 1. The molecule has 118 valence electrons. The fourth-order valence-electron chi connectivity index (χ4n) is 2.09. The molecule has 0 N–H and O–H groups in total. The van der Waals surface area contributed by atoms with Crippen molar-refractivity contribution in [2.24, 2.45) is 0 Å². The average molecular weight is 350 g/mol. The van der Waals surface area contributed by atoms with Gasteiger partial charge in [-0.3, -0.25) is 9.55 Å². The van der Waals surface area contributed by atoms with Crippen LogP contribution in [0.15, 0.2) is 58.8 Å². The van der Waals surface area contributed by atoms with E-state index in [-0.39, 0.29) is 0 Å². The predicted molar refractivity (Wildman–Crippen MR) is 88.2 cm³/mol. The molecule has 0 amide bonds. The van der Waals surface area contributed by atoms with E-state index in [1.807, 2.05) is 23.0 Å². The molecule has 4 nitrogen and oxygen atoms in total. The second-order valence-electron chi connectivity index (χ2n) is 4.46. The lowest BCUT2D eigenvalue weighted by molar-refractivity contribution is 0.252. The second-order valence-corrected chi connectivity index (χ2v) is 6.30. The molecular weight excluding hydrogens is 338 g/mol. The molecule has 0 radical (unpaired) electrons. The van der Waals surface area contributed by atoms with E-state index in [9.17, 15) is 8.78 Å². The zero-order valence-electron chi connectivity index (χ0n) is 12.1. The molecule has 2 aromatic heterocycles. The molecule has 0 spiro atoms. The summed E-state index contributed by atoms with van der Waals surface area (Å²) in [5, 5.41) is 9.13. The molecule has 0 aliphatic heterocycles. The van der Waals surface area contributed by atoms with Crippen LogP contribution in [0.5, 0.6) is 0 Å². The topological polar surface area (TPSA) is 43.6 Å². The second kappa shape index (κ2) is 7.10. The number of rotatable bonds is 5. The van der Waals surface area contributed by atoms with E-state index in [0.29, 0.717) is 22.5 Å². The summed E-state index contributed by atoms with van der Waals surface area (Å²) in [6.45, 7) is 0. The van der Waals surface area contributed by atoms with Crippen LogP contribution in [0.2, 0.25) is 0 Å². The Morgan fingerprint density at radius 1 is 1.09 bits per heavy atom. The van der Waals surface area contributed by atoms with E-state index in [0.717, 1.165) is 16.4 Å². The summed E-state index contributed by atoms with van der Waals surface area (Å²) in [4.78, 5) is 4.62. The Morgan fingerprint density at radius 3 is 2.48 bits per heavy atom. The van der Waals surface area contributed by atoms with Gasteiger partial charge in [0.05, 0.1) is 0 Å². The molecule has 0 aliphatic rings. The van der Waals surface area contributed by atoms with Gasteiger partial charge in [0.15, 0.2) is 11.0 Å². The fraction of sp³-hybridized carbons (Fsp3) is 0.133. The molecule has 0 aliphatic carbocycles. The first-order valence-electron chi connectivity index (χ1n) is 6.64. The standard InChI is InChI=1S/C15H12F2N4S2/c1-22-15-20-19-13(10-3-2-8-18-9-10)21(15)11-4-6-12(7-5-11)23-14(16)17/h2-9,14H,1H3. The molecule has 0 saturated heterocycles. The van der Waals surface area contributed by atoms with Crippen LogP contribution in [0.1, 0.15) is 0 Å². The van der Waals surface area contributed by atoms with Crippen molar-refractivity contribution in [3.63, 3.8) is 0 Å². The highest BCUT2D eigenvalue weighted by Gasteiger charge is 2.15. The first kappa shape index (κ1) is 15.9. The zero-order valence-corrected chi connectivity index (χ0v) is 13.7. The van der Waals surface area contributed by atoms with Crippen LogP contribution in [0, 0.1) is 0 Å². The SMILES string of the molecule is CSc1nnc(-c2cccnc2)n1-c1ccc(SC(F)F)cc1. The number of halogens is 2. The summed E-state index contributed by atoms with van der Waals surface area (Å²) in [7, 11) is 0. The van der Waals surface area contributed by atoms with Crippen molar-refractivity contribution in [1.29, 1.82) is 0 Å². The molecule has 0 unspecified atom stereocenters. The fourth-order valence-corrected chi connectivity index (χ4v) is 3.09. The number of pyridine rings is 1. The minimum Gasteiger partial charge on any atom is -0.270 e. The maximum atomic E-state index is 12.4. The number of thioether (sulfide) groups is 2. The van der Waals surface area contributed by atoms with Crippen molar-refractivity contribution in [2.45, 2.75) is 15.8 Å². The van der Waals surface area contributed by atoms with E-state index in [4.69, 9.17) is 0 Å². The van der Waals surface area contributed by atoms with Gasteiger partial charge in [0.25, 0.3) is 5.76 Å². The van der Waals surface area contributed by atoms with Gasteiger partial charge in [-0.25, -0.2) is 0 Å². The van der Waals surface area contributed by atoms with E-state index >= 15 is 0 Å². The zero-order chi connectivity index (χ0) is 16.2. The van der Waals surface area contributed by atoms with Crippen LogP contribution in [-0.4, -0.2) is 31.8 Å². The largest absolute Gasteiger partial charge is 0.288 e. The molecule has 0 saturated carbocycles. The summed E-state index contributed by atoms with van der Waals surface area (Å²) < 4.78 is 26.7. The highest BCUT2D eigenvalue weighted by molar-refractivity contribution is 7.99. The lowest BCUT2D eigenvalue weighted by Gasteiger charge is -2.10. The summed E-state index contributed by atoms with van der Waals surface area (Å²) in [6, 6.07) is 10.6. The van der Waals surface area contributed by atoms with Gasteiger partial charge in [-0.05, 0) is 42.7 Å². The third-order valence-electron chi connectivity index (χ3n) is 3.06. The van der Waals surface area contributed by atoms with Crippen molar-refractivity contribution in [2.75, 3.05) is 6.26 Å². The summed E-state index contributed by atoms with van der Waals surface area (Å²) in [6.07, 6.45) is 5.32. The molecule has 3 rings (SSSR count). The molecule has 3 aromatic rings. The van der Waals surface area contributed by atoms with Crippen molar-refractivity contribution in [3.8, 4) is 17.1 Å². The van der Waals surface area contributed by atoms with Gasteiger partial charge in [-0.1, -0.05) is 23.5 Å². The third-order valence-corrected chi connectivity index (χ3v) is 4.41. The lowest BCUT2D eigenvalue weighted by Crippen LogP contribution is -1.99. The Labute approximate surface area is 140 Å². The first-order chi connectivity index (χ1) is 11.2. The molecule has 23 heavy (non-hydrogen) atoms. The monoisotopic (exact) mass is 350 g/mol. The Balaban J connectivity index is 2.03. The Morgan fingerprint density at radius 2 is 1.87 bits per heavy atom. The highest BCUT2D eigenvalue weighted by Crippen LogP contribution is 2.29. The van der Waals surface area contributed by atoms with Crippen LogP contribution < -0.4 is 0 Å². The number of nitrogens with zero attached hydrogens (tertiary/aromatic N) is 4. The Hall–Kier alpha value is -1.93. The number of hydrogen-bond donors (Lipinski definition) is 0. The van der Waals surface area contributed by atoms with E-state index in [1.165, 1.54) is 11.8 Å². The maximum absolute atomic E-state index is 12.4. The first-order valence-corrected chi connectivity index (χ1v) is 8.74. The van der Waals surface area contributed by atoms with Crippen LogP contribution in [0.3, 0.4) is 0 Å². The maximum Gasteiger partial charge on any atom is 0.288 e. The summed E-state index contributed by atoms with van der Waals surface area (Å²) in [5.41, 5.74) is 1.66. The molecule has 8 heteroatoms. The quantitative estimate of drug-likeness (QED) is 0.640. The highest BCUT2D eigenvalue weighted by atomic mass is 32.2. The predicted octanol–water partition coefficient (Wildman–Crippen LogP) is 4.37. The van der Waals surface area contributed by atoms with Gasteiger partial charge >= 0.3 is 0 Å². The van der Waals surface area contributed by atoms with E-state index in [2.05, 4.69) is 15.2 Å². The van der Waals surface area contributed by atoms with Crippen molar-refractivity contribution in [1.82, 2.24) is 19.7 Å². The van der Waals surface area contributed by atoms with E-state index in [1.54, 1.807) is 36.7 Å². The van der Waals surface area contributed by atoms with Gasteiger partial charge in [-0.15, -0.1) is 10.2 Å². The van der Waals surface area contributed by atoms with Crippen molar-refractivity contribution < 1.29 is 8.78 Å². The number of aromatic nitrogens is 4. The Bertz CT molecular complexity index is 776. The number of hydrogen-bond acceptors (Lipinski definition) is 5. The lowest BCUT2D eigenvalue weighted by atomic mass is 10.2.